The van der Waals surface area contributed by atoms with Gasteiger partial charge in [-0.05, 0) is 12.5 Å². The Labute approximate surface area is 104 Å². The maximum absolute atomic E-state index is 10.7. The van der Waals surface area contributed by atoms with Gasteiger partial charge >= 0.3 is 0 Å². The molecule has 0 fully saturated rings. The third kappa shape index (κ3) is 2.22. The van der Waals surface area contributed by atoms with Crippen molar-refractivity contribution in [3.05, 3.63) is 39.6 Å². The Morgan fingerprint density at radius 3 is 2.83 bits per heavy atom. The van der Waals surface area contributed by atoms with E-state index in [-0.39, 0.29) is 12.3 Å². The Hall–Kier alpha value is -1.88. The highest BCUT2D eigenvalue weighted by molar-refractivity contribution is 5.84. The van der Waals surface area contributed by atoms with Gasteiger partial charge < -0.3 is 9.52 Å². The lowest BCUT2D eigenvalue weighted by molar-refractivity contribution is -0.384. The molecule has 5 nitrogen and oxygen atoms in total. The summed E-state index contributed by atoms with van der Waals surface area (Å²) in [4.78, 5) is 10.3. The number of unbranched alkanes of at least 4 members (excludes halogenated alkanes) is 1. The van der Waals surface area contributed by atoms with Crippen LogP contribution in [0.3, 0.4) is 0 Å². The summed E-state index contributed by atoms with van der Waals surface area (Å²) in [5, 5.41) is 20.8. The van der Waals surface area contributed by atoms with Gasteiger partial charge in [-0.1, -0.05) is 13.3 Å². The molecule has 0 spiro atoms. The average Bonchev–Trinajstić information content (AvgIpc) is 2.72. The number of rotatable bonds is 5. The summed E-state index contributed by atoms with van der Waals surface area (Å²) < 4.78 is 5.64. The second-order valence-electron chi connectivity index (χ2n) is 4.20. The Balaban J connectivity index is 2.51. The zero-order chi connectivity index (χ0) is 13.1. The molecule has 0 radical (unpaired) electrons. The van der Waals surface area contributed by atoms with Gasteiger partial charge in [0, 0.05) is 29.5 Å². The van der Waals surface area contributed by atoms with Gasteiger partial charge in [0.1, 0.15) is 11.3 Å². The van der Waals surface area contributed by atoms with E-state index in [9.17, 15) is 15.2 Å². The highest BCUT2D eigenvalue weighted by atomic mass is 16.6. The maximum atomic E-state index is 10.7. The van der Waals surface area contributed by atoms with Crippen molar-refractivity contribution < 1.29 is 14.4 Å². The van der Waals surface area contributed by atoms with E-state index in [0.717, 1.165) is 25.0 Å². The minimum Gasteiger partial charge on any atom is -0.461 e. The highest BCUT2D eigenvalue weighted by Crippen LogP contribution is 2.30. The van der Waals surface area contributed by atoms with Gasteiger partial charge in [-0.15, -0.1) is 0 Å². The first kappa shape index (κ1) is 12.6. The molecule has 0 saturated carbocycles. The SMILES string of the molecule is CCCCc1oc2ccc([N+](=O)[O-])cc2c1CO. The number of aliphatic hydroxyl groups excluding tert-OH is 1. The van der Waals surface area contributed by atoms with Crippen LogP contribution in [0.25, 0.3) is 11.0 Å². The molecular weight excluding hydrogens is 234 g/mol. The number of hydrogen-bond acceptors (Lipinski definition) is 4. The van der Waals surface area contributed by atoms with Crippen LogP contribution in [0.5, 0.6) is 0 Å². The van der Waals surface area contributed by atoms with Gasteiger partial charge in [0.2, 0.25) is 0 Å². The summed E-state index contributed by atoms with van der Waals surface area (Å²) in [5.74, 6) is 0.731. The molecule has 0 aliphatic carbocycles. The van der Waals surface area contributed by atoms with Crippen LogP contribution >= 0.6 is 0 Å². The number of furan rings is 1. The van der Waals surface area contributed by atoms with E-state index in [2.05, 4.69) is 6.92 Å². The maximum Gasteiger partial charge on any atom is 0.270 e. The van der Waals surface area contributed by atoms with Crippen LogP contribution in [-0.2, 0) is 13.0 Å². The van der Waals surface area contributed by atoms with E-state index in [1.165, 1.54) is 12.1 Å². The number of fused-ring (bicyclic) bond motifs is 1. The fourth-order valence-electron chi connectivity index (χ4n) is 2.01. The lowest BCUT2D eigenvalue weighted by atomic mass is 10.1. The number of nitro groups is 1. The zero-order valence-electron chi connectivity index (χ0n) is 10.2. The molecule has 2 aromatic rings. The van der Waals surface area contributed by atoms with E-state index < -0.39 is 4.92 Å². The molecule has 2 rings (SSSR count). The summed E-state index contributed by atoms with van der Waals surface area (Å²) in [5.41, 5.74) is 1.28. The summed E-state index contributed by atoms with van der Waals surface area (Å²) >= 11 is 0. The molecule has 18 heavy (non-hydrogen) atoms. The molecule has 0 atom stereocenters. The van der Waals surface area contributed by atoms with E-state index in [1.54, 1.807) is 6.07 Å². The molecule has 1 N–H and O–H groups in total. The van der Waals surface area contributed by atoms with Crippen LogP contribution in [0.1, 0.15) is 31.1 Å². The number of non-ortho nitro benzene ring substituents is 1. The molecule has 1 aromatic heterocycles. The van der Waals surface area contributed by atoms with E-state index >= 15 is 0 Å². The van der Waals surface area contributed by atoms with Crippen LogP contribution in [0, 0.1) is 10.1 Å². The van der Waals surface area contributed by atoms with Gasteiger partial charge in [-0.25, -0.2) is 0 Å². The summed E-state index contributed by atoms with van der Waals surface area (Å²) in [6.07, 6.45) is 2.74. The molecule has 0 saturated heterocycles. The highest BCUT2D eigenvalue weighted by Gasteiger charge is 2.16. The quantitative estimate of drug-likeness (QED) is 0.652. The van der Waals surface area contributed by atoms with Crippen molar-refractivity contribution in [1.82, 2.24) is 0 Å². The van der Waals surface area contributed by atoms with Crippen LogP contribution in [0.15, 0.2) is 22.6 Å². The summed E-state index contributed by atoms with van der Waals surface area (Å²) in [6, 6.07) is 4.46. The normalized spacial score (nSPS) is 11.0. The summed E-state index contributed by atoms with van der Waals surface area (Å²) in [7, 11) is 0. The number of nitro benzene ring substituents is 1. The van der Waals surface area contributed by atoms with Gasteiger partial charge in [-0.3, -0.25) is 10.1 Å². The largest absolute Gasteiger partial charge is 0.461 e. The molecule has 96 valence electrons. The fourth-order valence-corrected chi connectivity index (χ4v) is 2.01. The van der Waals surface area contributed by atoms with E-state index in [0.29, 0.717) is 16.5 Å². The summed E-state index contributed by atoms with van der Waals surface area (Å²) in [6.45, 7) is 1.92. The van der Waals surface area contributed by atoms with Crippen molar-refractivity contribution >= 4 is 16.7 Å². The van der Waals surface area contributed by atoms with E-state index in [4.69, 9.17) is 4.42 Å². The average molecular weight is 249 g/mol. The number of aryl methyl sites for hydroxylation is 1. The van der Waals surface area contributed by atoms with Crippen LogP contribution in [0.2, 0.25) is 0 Å². The first-order valence-electron chi connectivity index (χ1n) is 5.97. The Morgan fingerprint density at radius 2 is 2.22 bits per heavy atom. The monoisotopic (exact) mass is 249 g/mol. The van der Waals surface area contributed by atoms with Crippen LogP contribution in [-0.4, -0.2) is 10.0 Å². The molecule has 1 aromatic carbocycles. The Morgan fingerprint density at radius 1 is 1.44 bits per heavy atom. The van der Waals surface area contributed by atoms with Gasteiger partial charge in [0.05, 0.1) is 11.5 Å². The van der Waals surface area contributed by atoms with Gasteiger partial charge in [-0.2, -0.15) is 0 Å². The third-order valence-electron chi connectivity index (χ3n) is 2.98. The van der Waals surface area contributed by atoms with Gasteiger partial charge in [0.25, 0.3) is 5.69 Å². The number of benzene rings is 1. The first-order valence-corrected chi connectivity index (χ1v) is 5.97. The molecular formula is C13H15NO4. The number of aliphatic hydroxyl groups is 1. The molecule has 0 bridgehead atoms. The van der Waals surface area contributed by atoms with Gasteiger partial charge in [0.15, 0.2) is 0 Å². The van der Waals surface area contributed by atoms with Crippen molar-refractivity contribution in [3.8, 4) is 0 Å². The second-order valence-corrected chi connectivity index (χ2v) is 4.20. The smallest absolute Gasteiger partial charge is 0.270 e. The predicted molar refractivity (Wildman–Crippen MR) is 67.4 cm³/mol. The zero-order valence-corrected chi connectivity index (χ0v) is 10.2. The molecule has 0 unspecified atom stereocenters. The molecule has 0 aliphatic heterocycles. The molecule has 0 amide bonds. The minimum absolute atomic E-state index is 0.0139. The van der Waals surface area contributed by atoms with E-state index in [1.807, 2.05) is 0 Å². The fraction of sp³-hybridized carbons (Fsp3) is 0.385. The van der Waals surface area contributed by atoms with Crippen molar-refractivity contribution in [1.29, 1.82) is 0 Å². The van der Waals surface area contributed by atoms with Crippen molar-refractivity contribution in [3.63, 3.8) is 0 Å². The van der Waals surface area contributed by atoms with Crippen LogP contribution in [0.4, 0.5) is 5.69 Å². The van der Waals surface area contributed by atoms with Crippen LogP contribution < -0.4 is 0 Å². The molecule has 5 heteroatoms. The van der Waals surface area contributed by atoms with Crippen molar-refractivity contribution in [2.75, 3.05) is 0 Å². The molecule has 0 aliphatic rings. The number of hydrogen-bond donors (Lipinski definition) is 1. The topological polar surface area (TPSA) is 76.5 Å². The standard InChI is InChI=1S/C13H15NO4/c1-2-3-4-12-11(8-15)10-7-9(14(16)17)5-6-13(10)18-12/h5-7,15H,2-4,8H2,1H3. The van der Waals surface area contributed by atoms with Crippen molar-refractivity contribution in [2.24, 2.45) is 0 Å². The second kappa shape index (κ2) is 5.18. The Kier molecular flexibility index (Phi) is 3.62. The molecule has 1 heterocycles. The lowest BCUT2D eigenvalue weighted by Gasteiger charge is -1.97. The van der Waals surface area contributed by atoms with Crippen molar-refractivity contribution in [2.45, 2.75) is 32.8 Å². The lowest BCUT2D eigenvalue weighted by Crippen LogP contribution is -1.91. The number of nitrogens with zero attached hydrogens (tertiary/aromatic N) is 1. The minimum atomic E-state index is -0.445. The first-order chi connectivity index (χ1) is 8.67. The third-order valence-corrected chi connectivity index (χ3v) is 2.98. The predicted octanol–water partition coefficient (Wildman–Crippen LogP) is 3.18. The Bertz CT molecular complexity index is 574.